The van der Waals surface area contributed by atoms with E-state index < -0.39 is 0 Å². The Hall–Kier alpha value is -4.69. The molecule has 0 bridgehead atoms. The Balaban J connectivity index is 1.47. The van der Waals surface area contributed by atoms with Crippen LogP contribution in [0.25, 0.3) is 66.1 Å². The van der Waals surface area contributed by atoms with E-state index >= 15 is 4.39 Å². The van der Waals surface area contributed by atoms with Crippen LogP contribution in [-0.4, -0.2) is 0 Å². The molecule has 0 fully saturated rings. The molecule has 0 aliphatic rings. The molecule has 2 heteroatoms. The maximum Gasteiger partial charge on any atom is 0.135 e. The summed E-state index contributed by atoms with van der Waals surface area (Å²) in [6.07, 6.45) is 0. The first kappa shape index (κ1) is 20.7. The van der Waals surface area contributed by atoms with Crippen molar-refractivity contribution < 1.29 is 8.81 Å². The van der Waals surface area contributed by atoms with Gasteiger partial charge >= 0.3 is 0 Å². The van der Waals surface area contributed by atoms with E-state index in [9.17, 15) is 0 Å². The van der Waals surface area contributed by atoms with Crippen LogP contribution >= 0.6 is 0 Å². The predicted octanol–water partition coefficient (Wildman–Crippen LogP) is 9.88. The molecular weight excluding hydrogens is 443 g/mol. The van der Waals surface area contributed by atoms with Crippen molar-refractivity contribution in [1.29, 1.82) is 0 Å². The van der Waals surface area contributed by atoms with Crippen molar-refractivity contribution in [2.75, 3.05) is 0 Å². The van der Waals surface area contributed by atoms with Gasteiger partial charge in [0.15, 0.2) is 0 Å². The lowest BCUT2D eigenvalue weighted by molar-refractivity contribution is 0.632. The van der Waals surface area contributed by atoms with Crippen molar-refractivity contribution in [3.05, 3.63) is 133 Å². The molecule has 1 aromatic heterocycles. The zero-order valence-corrected chi connectivity index (χ0v) is 19.4. The topological polar surface area (TPSA) is 13.1 Å². The minimum Gasteiger partial charge on any atom is -0.456 e. The normalized spacial score (nSPS) is 11.5. The van der Waals surface area contributed by atoms with E-state index in [0.717, 1.165) is 60.5 Å². The summed E-state index contributed by atoms with van der Waals surface area (Å²) in [6, 6.07) is 42.2. The molecule has 0 N–H and O–H groups in total. The van der Waals surface area contributed by atoms with Gasteiger partial charge in [-0.05, 0) is 62.9 Å². The maximum absolute atomic E-state index is 15.4. The summed E-state index contributed by atoms with van der Waals surface area (Å²) in [5.41, 5.74) is 7.38. The molecule has 0 atom stereocenters. The highest BCUT2D eigenvalue weighted by Gasteiger charge is 2.17. The molecule has 0 unspecified atom stereocenters. The van der Waals surface area contributed by atoms with Crippen LogP contribution in [0.5, 0.6) is 0 Å². The number of furan rings is 1. The first-order valence-corrected chi connectivity index (χ1v) is 12.1. The quantitative estimate of drug-likeness (QED) is 0.254. The molecule has 0 aliphatic carbocycles. The van der Waals surface area contributed by atoms with Crippen molar-refractivity contribution in [2.45, 2.75) is 0 Å². The van der Waals surface area contributed by atoms with E-state index in [1.807, 2.05) is 72.8 Å². The Morgan fingerprint density at radius 2 is 1.08 bits per heavy atom. The maximum atomic E-state index is 15.4. The van der Waals surface area contributed by atoms with E-state index in [1.54, 1.807) is 12.1 Å². The van der Waals surface area contributed by atoms with Gasteiger partial charge in [0.05, 0.1) is 0 Å². The van der Waals surface area contributed by atoms with Crippen LogP contribution in [0.4, 0.5) is 4.39 Å². The van der Waals surface area contributed by atoms with Crippen molar-refractivity contribution in [3.8, 4) is 33.4 Å². The summed E-state index contributed by atoms with van der Waals surface area (Å²) in [5.74, 6) is -0.222. The number of halogens is 1. The van der Waals surface area contributed by atoms with Gasteiger partial charge in [-0.25, -0.2) is 4.39 Å². The van der Waals surface area contributed by atoms with Crippen molar-refractivity contribution in [3.63, 3.8) is 0 Å². The summed E-state index contributed by atoms with van der Waals surface area (Å²) < 4.78 is 21.5. The minimum absolute atomic E-state index is 0.222. The fourth-order valence-electron chi connectivity index (χ4n) is 5.32. The molecule has 1 nitrogen and oxygen atoms in total. The van der Waals surface area contributed by atoms with Crippen LogP contribution in [-0.2, 0) is 0 Å². The second-order valence-electron chi connectivity index (χ2n) is 9.04. The Morgan fingerprint density at radius 1 is 0.417 bits per heavy atom. The van der Waals surface area contributed by atoms with E-state index in [1.165, 1.54) is 0 Å². The van der Waals surface area contributed by atoms with E-state index in [-0.39, 0.29) is 5.82 Å². The van der Waals surface area contributed by atoms with E-state index in [2.05, 4.69) is 42.5 Å². The molecule has 1 heterocycles. The highest BCUT2D eigenvalue weighted by molar-refractivity contribution is 6.10. The fourth-order valence-corrected chi connectivity index (χ4v) is 5.32. The molecule has 6 aromatic carbocycles. The van der Waals surface area contributed by atoms with Gasteiger partial charge in [-0.1, -0.05) is 103 Å². The molecule has 0 radical (unpaired) electrons. The Labute approximate surface area is 208 Å². The summed E-state index contributed by atoms with van der Waals surface area (Å²) >= 11 is 0. The first-order valence-electron chi connectivity index (χ1n) is 12.1. The van der Waals surface area contributed by atoms with Gasteiger partial charge in [0.25, 0.3) is 0 Å². The van der Waals surface area contributed by atoms with Gasteiger partial charge in [-0.2, -0.15) is 0 Å². The van der Waals surface area contributed by atoms with Crippen LogP contribution in [0.2, 0.25) is 0 Å². The van der Waals surface area contributed by atoms with Crippen LogP contribution < -0.4 is 0 Å². The molecule has 0 saturated heterocycles. The lowest BCUT2D eigenvalue weighted by Crippen LogP contribution is -1.92. The molecule has 0 aliphatic heterocycles. The summed E-state index contributed by atoms with van der Waals surface area (Å²) in [6.45, 7) is 0. The third-order valence-corrected chi connectivity index (χ3v) is 6.98. The molecule has 0 amide bonds. The molecule has 0 saturated carbocycles. The second-order valence-corrected chi connectivity index (χ2v) is 9.04. The molecule has 7 aromatic rings. The van der Waals surface area contributed by atoms with Gasteiger partial charge in [-0.15, -0.1) is 0 Å². The van der Waals surface area contributed by atoms with Crippen LogP contribution in [0.1, 0.15) is 0 Å². The number of para-hydroxylation sites is 1. The number of hydrogen-bond donors (Lipinski definition) is 0. The Bertz CT molecular complexity index is 1900. The molecule has 170 valence electrons. The van der Waals surface area contributed by atoms with Crippen molar-refractivity contribution >= 4 is 32.7 Å². The summed E-state index contributed by atoms with van der Waals surface area (Å²) in [7, 11) is 0. The van der Waals surface area contributed by atoms with E-state index in [0.29, 0.717) is 5.56 Å². The zero-order chi connectivity index (χ0) is 24.1. The van der Waals surface area contributed by atoms with Gasteiger partial charge in [-0.3, -0.25) is 0 Å². The Kier molecular flexibility index (Phi) is 4.71. The highest BCUT2D eigenvalue weighted by atomic mass is 19.1. The average Bonchev–Trinajstić information content (AvgIpc) is 3.31. The SMILES string of the molecule is Fc1cccc(-c2ccccc2)c1-c1ccc(-c2ccc3oc4ccccc4c3c2)c2ccccc12. The Morgan fingerprint density at radius 3 is 1.92 bits per heavy atom. The fraction of sp³-hybridized carbons (Fsp3) is 0. The number of hydrogen-bond acceptors (Lipinski definition) is 1. The van der Waals surface area contributed by atoms with Crippen molar-refractivity contribution in [2.24, 2.45) is 0 Å². The molecule has 7 rings (SSSR count). The van der Waals surface area contributed by atoms with Crippen LogP contribution in [0.15, 0.2) is 132 Å². The summed E-state index contributed by atoms with van der Waals surface area (Å²) in [4.78, 5) is 0. The molecular formula is C34H21FO. The first-order chi connectivity index (χ1) is 17.8. The van der Waals surface area contributed by atoms with Gasteiger partial charge in [0.2, 0.25) is 0 Å². The monoisotopic (exact) mass is 464 g/mol. The van der Waals surface area contributed by atoms with Gasteiger partial charge in [0, 0.05) is 16.3 Å². The largest absolute Gasteiger partial charge is 0.456 e. The number of rotatable bonds is 3. The second kappa shape index (κ2) is 8.21. The molecule has 36 heavy (non-hydrogen) atoms. The minimum atomic E-state index is -0.222. The van der Waals surface area contributed by atoms with Gasteiger partial charge < -0.3 is 4.42 Å². The zero-order valence-electron chi connectivity index (χ0n) is 19.4. The van der Waals surface area contributed by atoms with Gasteiger partial charge in [0.1, 0.15) is 17.0 Å². The summed E-state index contributed by atoms with van der Waals surface area (Å²) in [5, 5.41) is 4.31. The standard InChI is InChI=1S/C34H21FO/c35-31-15-8-14-25(22-9-2-1-3-10-22)34(31)29-19-18-24(26-11-4-5-12-27(26)29)23-17-20-33-30(21-23)28-13-6-7-16-32(28)36-33/h1-21H. The average molecular weight is 465 g/mol. The third kappa shape index (κ3) is 3.23. The van der Waals surface area contributed by atoms with Crippen molar-refractivity contribution in [1.82, 2.24) is 0 Å². The predicted molar refractivity (Wildman–Crippen MR) is 147 cm³/mol. The lowest BCUT2D eigenvalue weighted by atomic mass is 9.88. The van der Waals surface area contributed by atoms with Crippen LogP contribution in [0, 0.1) is 5.82 Å². The smallest absolute Gasteiger partial charge is 0.135 e. The lowest BCUT2D eigenvalue weighted by Gasteiger charge is -2.16. The third-order valence-electron chi connectivity index (χ3n) is 6.98. The molecule has 0 spiro atoms. The van der Waals surface area contributed by atoms with Crippen LogP contribution in [0.3, 0.4) is 0 Å². The number of benzene rings is 6. The highest BCUT2D eigenvalue weighted by Crippen LogP contribution is 2.42. The van der Waals surface area contributed by atoms with E-state index in [4.69, 9.17) is 4.42 Å². The number of fused-ring (bicyclic) bond motifs is 4.